The van der Waals surface area contributed by atoms with Crippen molar-refractivity contribution in [2.45, 2.75) is 13.0 Å². The largest absolute Gasteiger partial charge is 0.350 e. The summed E-state index contributed by atoms with van der Waals surface area (Å²) in [6, 6.07) is 6.11. The van der Waals surface area contributed by atoms with Crippen molar-refractivity contribution in [3.05, 3.63) is 56.8 Å². The van der Waals surface area contributed by atoms with E-state index in [2.05, 4.69) is 42.3 Å². The first-order valence-electron chi connectivity index (χ1n) is 8.27. The van der Waals surface area contributed by atoms with Gasteiger partial charge in [-0.3, -0.25) is 9.48 Å². The minimum absolute atomic E-state index is 0.262. The number of pyridine rings is 1. The number of aromatic nitrogens is 3. The molecule has 0 saturated heterocycles. The minimum Gasteiger partial charge on any atom is -0.350 e. The molecule has 0 saturated carbocycles. The molecule has 1 aliphatic rings. The molecule has 4 heterocycles. The molecule has 4 rings (SSSR count). The molecule has 0 spiro atoms. The van der Waals surface area contributed by atoms with Crippen molar-refractivity contribution < 1.29 is 4.79 Å². The zero-order valence-electron chi connectivity index (χ0n) is 14.4. The van der Waals surface area contributed by atoms with Gasteiger partial charge >= 0.3 is 0 Å². The van der Waals surface area contributed by atoms with Crippen LogP contribution in [0.1, 0.15) is 26.4 Å². The number of halogens is 1. The molecule has 0 aliphatic carbocycles. The Bertz CT molecular complexity index is 1070. The van der Waals surface area contributed by atoms with E-state index in [1.54, 1.807) is 24.1 Å². The van der Waals surface area contributed by atoms with E-state index in [1.807, 2.05) is 12.1 Å². The lowest BCUT2D eigenvalue weighted by molar-refractivity contribution is 0.102. The minimum atomic E-state index is -0.262. The molecule has 9 heteroatoms. The van der Waals surface area contributed by atoms with Gasteiger partial charge in [0, 0.05) is 30.9 Å². The molecule has 1 aliphatic heterocycles. The fourth-order valence-corrected chi connectivity index (χ4v) is 4.83. The highest BCUT2D eigenvalue weighted by atomic mass is 79.9. The van der Waals surface area contributed by atoms with Crippen molar-refractivity contribution >= 4 is 44.0 Å². The van der Waals surface area contributed by atoms with Crippen LogP contribution in [-0.4, -0.2) is 27.2 Å². The molecule has 0 unspecified atom stereocenters. The number of nitriles is 1. The Hall–Kier alpha value is -2.70. The van der Waals surface area contributed by atoms with E-state index in [0.29, 0.717) is 22.7 Å². The van der Waals surface area contributed by atoms with Crippen LogP contribution in [-0.2, 0) is 20.0 Å². The smallest absolute Gasteiger partial charge is 0.259 e. The summed E-state index contributed by atoms with van der Waals surface area (Å²) < 4.78 is 2.51. The first-order valence-corrected chi connectivity index (χ1v) is 9.88. The monoisotopic (exact) mass is 442 g/mol. The Morgan fingerprint density at radius 3 is 3.04 bits per heavy atom. The summed E-state index contributed by atoms with van der Waals surface area (Å²) in [6.07, 6.45) is 5.66. The van der Waals surface area contributed by atoms with E-state index < -0.39 is 0 Å². The highest BCUT2D eigenvalue weighted by Gasteiger charge is 2.27. The Morgan fingerprint density at radius 2 is 2.33 bits per heavy atom. The van der Waals surface area contributed by atoms with E-state index >= 15 is 0 Å². The lowest BCUT2D eigenvalue weighted by Crippen LogP contribution is -2.30. The highest BCUT2D eigenvalue weighted by molar-refractivity contribution is 9.10. The maximum absolute atomic E-state index is 12.4. The molecule has 0 radical (unpaired) electrons. The van der Waals surface area contributed by atoms with Gasteiger partial charge in [-0.05, 0) is 40.0 Å². The van der Waals surface area contributed by atoms with Crippen LogP contribution in [0.25, 0.3) is 0 Å². The van der Waals surface area contributed by atoms with Crippen LogP contribution in [0.15, 0.2) is 35.2 Å². The molecule has 7 nitrogen and oxygen atoms in total. The van der Waals surface area contributed by atoms with Crippen molar-refractivity contribution in [1.29, 1.82) is 5.26 Å². The van der Waals surface area contributed by atoms with Crippen LogP contribution in [0.4, 0.5) is 10.8 Å². The maximum Gasteiger partial charge on any atom is 0.259 e. The average Bonchev–Trinajstić information content (AvgIpc) is 3.24. The Morgan fingerprint density at radius 1 is 1.48 bits per heavy atom. The third kappa shape index (κ3) is 3.34. The van der Waals surface area contributed by atoms with Gasteiger partial charge < -0.3 is 10.2 Å². The number of nitrogens with one attached hydrogen (secondary N) is 1. The first-order chi connectivity index (χ1) is 13.1. The van der Waals surface area contributed by atoms with E-state index in [1.165, 1.54) is 17.5 Å². The van der Waals surface area contributed by atoms with Crippen LogP contribution < -0.4 is 10.2 Å². The summed E-state index contributed by atoms with van der Waals surface area (Å²) in [7, 11) is 1.76. The van der Waals surface area contributed by atoms with E-state index in [0.717, 1.165) is 33.7 Å². The molecular weight excluding hydrogens is 428 g/mol. The molecule has 27 heavy (non-hydrogen) atoms. The van der Waals surface area contributed by atoms with Crippen molar-refractivity contribution in [2.24, 2.45) is 7.05 Å². The van der Waals surface area contributed by atoms with Crippen LogP contribution >= 0.6 is 27.3 Å². The number of rotatable bonds is 3. The molecule has 0 bridgehead atoms. The van der Waals surface area contributed by atoms with Gasteiger partial charge in [-0.1, -0.05) is 0 Å². The number of thiophene rings is 1. The maximum atomic E-state index is 12.4. The van der Waals surface area contributed by atoms with Gasteiger partial charge in [0.15, 0.2) is 0 Å². The highest BCUT2D eigenvalue weighted by Crippen LogP contribution is 2.38. The average molecular weight is 443 g/mol. The summed E-state index contributed by atoms with van der Waals surface area (Å²) >= 11 is 5.00. The predicted molar refractivity (Wildman–Crippen MR) is 107 cm³/mol. The molecule has 0 fully saturated rings. The molecular formula is C18H15BrN6OS. The fourth-order valence-electron chi connectivity index (χ4n) is 3.11. The second kappa shape index (κ2) is 7.13. The van der Waals surface area contributed by atoms with Crippen molar-refractivity contribution in [3.63, 3.8) is 0 Å². The summed E-state index contributed by atoms with van der Waals surface area (Å²) in [5.41, 5.74) is 2.05. The number of nitrogens with zero attached hydrogens (tertiary/aromatic N) is 5. The number of amides is 1. The van der Waals surface area contributed by atoms with Gasteiger partial charge in [0.1, 0.15) is 16.9 Å². The number of hydrogen-bond acceptors (Lipinski definition) is 6. The van der Waals surface area contributed by atoms with Crippen LogP contribution in [0.2, 0.25) is 0 Å². The van der Waals surface area contributed by atoms with Gasteiger partial charge in [-0.25, -0.2) is 4.98 Å². The molecule has 0 aromatic carbocycles. The second-order valence-electron chi connectivity index (χ2n) is 6.16. The molecule has 3 aromatic rings. The van der Waals surface area contributed by atoms with E-state index in [-0.39, 0.29) is 5.91 Å². The standard InChI is InChI=1S/C18H15BrN6OS/c1-24-9-11(8-22-24)17(26)23-18-13(7-20)12-4-6-25(10-15(12)27-18)16-14(19)3-2-5-21-16/h2-3,5,8-9H,4,6,10H2,1H3,(H,23,26). The Balaban J connectivity index is 1.61. The van der Waals surface area contributed by atoms with Crippen LogP contribution in [0.5, 0.6) is 0 Å². The van der Waals surface area contributed by atoms with Gasteiger partial charge in [-0.2, -0.15) is 10.4 Å². The number of carbonyl (C=O) groups is 1. The Labute approximate surface area is 168 Å². The summed E-state index contributed by atoms with van der Waals surface area (Å²) in [4.78, 5) is 20.2. The summed E-state index contributed by atoms with van der Waals surface area (Å²) in [5, 5.41) is 17.1. The first kappa shape index (κ1) is 17.7. The third-order valence-corrected chi connectivity index (χ3v) is 6.15. The quantitative estimate of drug-likeness (QED) is 0.671. The Kier molecular flexibility index (Phi) is 4.68. The summed E-state index contributed by atoms with van der Waals surface area (Å²) in [6.45, 7) is 1.43. The number of carbonyl (C=O) groups excluding carboxylic acids is 1. The molecule has 1 N–H and O–H groups in total. The molecule has 136 valence electrons. The normalized spacial score (nSPS) is 13.1. The van der Waals surface area contributed by atoms with Crippen molar-refractivity contribution in [3.8, 4) is 6.07 Å². The molecule has 1 amide bonds. The fraction of sp³-hybridized carbons (Fsp3) is 0.222. The number of fused-ring (bicyclic) bond motifs is 1. The SMILES string of the molecule is Cn1cc(C(=O)Nc2sc3c(c2C#N)CCN(c2ncccc2Br)C3)cn1. The third-order valence-electron chi connectivity index (χ3n) is 4.40. The van der Waals surface area contributed by atoms with Gasteiger partial charge in [0.2, 0.25) is 0 Å². The number of aryl methyl sites for hydroxylation is 1. The van der Waals surface area contributed by atoms with Gasteiger partial charge in [-0.15, -0.1) is 11.3 Å². The van der Waals surface area contributed by atoms with E-state index in [4.69, 9.17) is 0 Å². The zero-order valence-corrected chi connectivity index (χ0v) is 16.8. The van der Waals surface area contributed by atoms with E-state index in [9.17, 15) is 10.1 Å². The second-order valence-corrected chi connectivity index (χ2v) is 8.12. The summed E-state index contributed by atoms with van der Waals surface area (Å²) in [5.74, 6) is 0.624. The lowest BCUT2D eigenvalue weighted by Gasteiger charge is -2.28. The number of hydrogen-bond donors (Lipinski definition) is 1. The van der Waals surface area contributed by atoms with Crippen molar-refractivity contribution in [1.82, 2.24) is 14.8 Å². The van der Waals surface area contributed by atoms with Gasteiger partial charge in [0.25, 0.3) is 5.91 Å². The number of anilines is 2. The van der Waals surface area contributed by atoms with Gasteiger partial charge in [0.05, 0.1) is 28.3 Å². The van der Waals surface area contributed by atoms with Crippen LogP contribution in [0.3, 0.4) is 0 Å². The molecule has 3 aromatic heterocycles. The van der Waals surface area contributed by atoms with Crippen molar-refractivity contribution in [2.75, 3.05) is 16.8 Å². The van der Waals surface area contributed by atoms with Crippen LogP contribution in [0, 0.1) is 11.3 Å². The predicted octanol–water partition coefficient (Wildman–Crippen LogP) is 3.33. The molecule has 0 atom stereocenters. The zero-order chi connectivity index (χ0) is 19.0. The topological polar surface area (TPSA) is 86.8 Å². The lowest BCUT2D eigenvalue weighted by atomic mass is 10.0.